The predicted molar refractivity (Wildman–Crippen MR) is 111 cm³/mol. The van der Waals surface area contributed by atoms with Crippen LogP contribution in [0.3, 0.4) is 0 Å². The van der Waals surface area contributed by atoms with Crippen LogP contribution in [0.1, 0.15) is 32.3 Å². The van der Waals surface area contributed by atoms with Crippen LogP contribution < -0.4 is 10.1 Å². The fraction of sp³-hybridized carbons (Fsp3) is 0.125. The van der Waals surface area contributed by atoms with Crippen molar-refractivity contribution in [2.75, 3.05) is 13.7 Å². The normalized spacial score (nSPS) is 11.2. The zero-order valence-electron chi connectivity index (χ0n) is 16.4. The molecule has 0 aromatic heterocycles. The predicted octanol–water partition coefficient (Wildman–Crippen LogP) is 3.59. The van der Waals surface area contributed by atoms with Crippen molar-refractivity contribution in [2.45, 2.75) is 6.04 Å². The molecule has 0 saturated heterocycles. The lowest BCUT2D eigenvalue weighted by molar-refractivity contribution is -0.145. The van der Waals surface area contributed by atoms with Crippen molar-refractivity contribution in [3.8, 4) is 5.75 Å². The van der Waals surface area contributed by atoms with Crippen LogP contribution in [0.15, 0.2) is 84.9 Å². The Labute approximate surface area is 174 Å². The van der Waals surface area contributed by atoms with E-state index in [-0.39, 0.29) is 5.78 Å². The molecule has 1 amide bonds. The molecule has 1 unspecified atom stereocenters. The number of hydrogen-bond donors (Lipinski definition) is 1. The summed E-state index contributed by atoms with van der Waals surface area (Å²) in [5.74, 6) is -0.977. The molecule has 0 fully saturated rings. The molecule has 1 atom stereocenters. The first-order chi connectivity index (χ1) is 14.6. The van der Waals surface area contributed by atoms with Gasteiger partial charge in [0.25, 0.3) is 5.91 Å². The SMILES string of the molecule is COc1cccc(C(=O)COC(=O)C(NC(=O)c2ccccc2)c2ccccc2)c1. The van der Waals surface area contributed by atoms with Gasteiger partial charge in [-0.05, 0) is 29.8 Å². The van der Waals surface area contributed by atoms with E-state index in [1.165, 1.54) is 7.11 Å². The number of ether oxygens (including phenoxy) is 2. The van der Waals surface area contributed by atoms with Crippen LogP contribution in [0.25, 0.3) is 0 Å². The van der Waals surface area contributed by atoms with E-state index in [0.29, 0.717) is 22.4 Å². The van der Waals surface area contributed by atoms with E-state index in [9.17, 15) is 14.4 Å². The Morgan fingerprint density at radius 2 is 1.47 bits per heavy atom. The van der Waals surface area contributed by atoms with Gasteiger partial charge in [-0.15, -0.1) is 0 Å². The Bertz CT molecular complexity index is 1020. The second-order valence-electron chi connectivity index (χ2n) is 6.45. The van der Waals surface area contributed by atoms with E-state index >= 15 is 0 Å². The summed E-state index contributed by atoms with van der Waals surface area (Å²) in [7, 11) is 1.50. The highest BCUT2D eigenvalue weighted by molar-refractivity contribution is 5.99. The Balaban J connectivity index is 1.72. The highest BCUT2D eigenvalue weighted by Crippen LogP contribution is 2.17. The van der Waals surface area contributed by atoms with Crippen LogP contribution in [0.5, 0.6) is 5.75 Å². The van der Waals surface area contributed by atoms with Gasteiger partial charge in [-0.2, -0.15) is 0 Å². The molecule has 0 bridgehead atoms. The third-order valence-electron chi connectivity index (χ3n) is 4.42. The van der Waals surface area contributed by atoms with Crippen LogP contribution >= 0.6 is 0 Å². The number of benzene rings is 3. The molecule has 0 radical (unpaired) electrons. The van der Waals surface area contributed by atoms with Crippen LogP contribution in [-0.4, -0.2) is 31.4 Å². The van der Waals surface area contributed by atoms with Gasteiger partial charge in [0, 0.05) is 11.1 Å². The summed E-state index contributed by atoms with van der Waals surface area (Å²) in [4.78, 5) is 37.7. The molecule has 0 heterocycles. The number of nitrogens with one attached hydrogen (secondary N) is 1. The molecule has 3 aromatic carbocycles. The molecule has 6 nitrogen and oxygen atoms in total. The minimum atomic E-state index is -1.04. The first-order valence-electron chi connectivity index (χ1n) is 9.33. The summed E-state index contributed by atoms with van der Waals surface area (Å²) >= 11 is 0. The molecule has 6 heteroatoms. The lowest BCUT2D eigenvalue weighted by Gasteiger charge is -2.18. The standard InChI is InChI=1S/C24H21NO5/c1-29-20-14-8-13-19(15-20)21(26)16-30-24(28)22(17-9-4-2-5-10-17)25-23(27)18-11-6-3-7-12-18/h2-15,22H,16H2,1H3,(H,25,27). The number of hydrogen-bond acceptors (Lipinski definition) is 5. The second-order valence-corrected chi connectivity index (χ2v) is 6.45. The van der Waals surface area contributed by atoms with Gasteiger partial charge in [0.1, 0.15) is 5.75 Å². The quantitative estimate of drug-likeness (QED) is 0.459. The molecule has 0 aliphatic heterocycles. The van der Waals surface area contributed by atoms with E-state index in [1.54, 1.807) is 84.9 Å². The third-order valence-corrected chi connectivity index (χ3v) is 4.42. The fourth-order valence-corrected chi connectivity index (χ4v) is 2.83. The monoisotopic (exact) mass is 403 g/mol. The summed E-state index contributed by atoms with van der Waals surface area (Å²) in [5, 5.41) is 2.69. The van der Waals surface area contributed by atoms with Crippen LogP contribution in [0.2, 0.25) is 0 Å². The zero-order chi connectivity index (χ0) is 21.3. The summed E-state index contributed by atoms with van der Waals surface area (Å²) < 4.78 is 10.3. The third kappa shape index (κ3) is 5.32. The van der Waals surface area contributed by atoms with Crippen molar-refractivity contribution in [3.63, 3.8) is 0 Å². The second kappa shape index (κ2) is 10.0. The number of Topliss-reactive ketones (excluding diaryl/α,β-unsaturated/α-hetero) is 1. The fourth-order valence-electron chi connectivity index (χ4n) is 2.83. The van der Waals surface area contributed by atoms with Gasteiger partial charge in [-0.1, -0.05) is 60.7 Å². The maximum Gasteiger partial charge on any atom is 0.333 e. The Morgan fingerprint density at radius 1 is 0.833 bits per heavy atom. The Hall–Kier alpha value is -3.93. The van der Waals surface area contributed by atoms with Crippen molar-refractivity contribution >= 4 is 17.7 Å². The number of esters is 1. The number of ketones is 1. The molecule has 0 saturated carbocycles. The van der Waals surface area contributed by atoms with Crippen molar-refractivity contribution in [1.29, 1.82) is 0 Å². The molecule has 1 N–H and O–H groups in total. The van der Waals surface area contributed by atoms with Gasteiger partial charge < -0.3 is 14.8 Å². The van der Waals surface area contributed by atoms with Gasteiger partial charge >= 0.3 is 5.97 Å². The van der Waals surface area contributed by atoms with E-state index in [4.69, 9.17) is 9.47 Å². The van der Waals surface area contributed by atoms with Crippen molar-refractivity contribution in [2.24, 2.45) is 0 Å². The maximum absolute atomic E-state index is 12.8. The molecular formula is C24H21NO5. The van der Waals surface area contributed by atoms with E-state index in [1.807, 2.05) is 0 Å². The minimum absolute atomic E-state index is 0.367. The van der Waals surface area contributed by atoms with Crippen molar-refractivity contribution in [1.82, 2.24) is 5.32 Å². The minimum Gasteiger partial charge on any atom is -0.497 e. The number of methoxy groups -OCH3 is 1. The smallest absolute Gasteiger partial charge is 0.333 e. The summed E-state index contributed by atoms with van der Waals surface area (Å²) in [6, 6.07) is 22.8. The molecule has 0 aliphatic rings. The zero-order valence-corrected chi connectivity index (χ0v) is 16.4. The maximum atomic E-state index is 12.8. The largest absolute Gasteiger partial charge is 0.497 e. The summed E-state index contributed by atoms with van der Waals surface area (Å²) in [5.41, 5.74) is 1.34. The molecule has 0 spiro atoms. The van der Waals surface area contributed by atoms with Gasteiger partial charge in [-0.25, -0.2) is 4.79 Å². The van der Waals surface area contributed by atoms with Gasteiger partial charge in [-0.3, -0.25) is 9.59 Å². The van der Waals surface area contributed by atoms with Crippen molar-refractivity contribution < 1.29 is 23.9 Å². The van der Waals surface area contributed by atoms with Crippen molar-refractivity contribution in [3.05, 3.63) is 102 Å². The number of amides is 1. The highest BCUT2D eigenvalue weighted by atomic mass is 16.5. The molecule has 0 aliphatic carbocycles. The lowest BCUT2D eigenvalue weighted by atomic mass is 10.1. The average molecular weight is 403 g/mol. The summed E-state index contributed by atoms with van der Waals surface area (Å²) in [6.07, 6.45) is 0. The number of rotatable bonds is 8. The van der Waals surface area contributed by atoms with E-state index < -0.39 is 24.5 Å². The molecular weight excluding hydrogens is 382 g/mol. The van der Waals surface area contributed by atoms with Gasteiger partial charge in [0.2, 0.25) is 0 Å². The number of carbonyl (C=O) groups is 3. The Kier molecular flexibility index (Phi) is 6.95. The van der Waals surface area contributed by atoms with Crippen LogP contribution in [0.4, 0.5) is 0 Å². The topological polar surface area (TPSA) is 81.7 Å². The first-order valence-corrected chi connectivity index (χ1v) is 9.33. The van der Waals surface area contributed by atoms with Crippen LogP contribution in [-0.2, 0) is 9.53 Å². The molecule has 30 heavy (non-hydrogen) atoms. The highest BCUT2D eigenvalue weighted by Gasteiger charge is 2.25. The van der Waals surface area contributed by atoms with E-state index in [2.05, 4.69) is 5.32 Å². The summed E-state index contributed by atoms with van der Waals surface area (Å²) in [6.45, 7) is -0.448. The lowest BCUT2D eigenvalue weighted by Crippen LogP contribution is -2.35. The van der Waals surface area contributed by atoms with Gasteiger partial charge in [0.15, 0.2) is 18.4 Å². The van der Waals surface area contributed by atoms with E-state index in [0.717, 1.165) is 0 Å². The molecule has 3 rings (SSSR count). The average Bonchev–Trinajstić information content (AvgIpc) is 2.81. The number of carbonyl (C=O) groups excluding carboxylic acids is 3. The van der Waals surface area contributed by atoms with Gasteiger partial charge in [0.05, 0.1) is 7.11 Å². The molecule has 152 valence electrons. The first kappa shape index (κ1) is 20.8. The Morgan fingerprint density at radius 3 is 2.13 bits per heavy atom. The van der Waals surface area contributed by atoms with Crippen LogP contribution in [0, 0.1) is 0 Å². The molecule has 3 aromatic rings.